The second-order valence-electron chi connectivity index (χ2n) is 6.83. The van der Waals surface area contributed by atoms with Crippen LogP contribution in [0, 0.1) is 6.92 Å². The van der Waals surface area contributed by atoms with Crippen molar-refractivity contribution in [1.82, 2.24) is 4.90 Å². The molecule has 6 heteroatoms. The number of carbonyl (C=O) groups is 1. The molecule has 2 N–H and O–H groups in total. The van der Waals surface area contributed by atoms with Crippen molar-refractivity contribution >= 4 is 18.3 Å². The van der Waals surface area contributed by atoms with E-state index in [0.717, 1.165) is 34.6 Å². The van der Waals surface area contributed by atoms with Crippen LogP contribution in [0.15, 0.2) is 36.4 Å². The topological polar surface area (TPSA) is 64.8 Å². The lowest BCUT2D eigenvalue weighted by Crippen LogP contribution is -2.41. The monoisotopic (exact) mass is 404 g/mol. The predicted octanol–water partition coefficient (Wildman–Crippen LogP) is 3.80. The van der Waals surface area contributed by atoms with Crippen molar-refractivity contribution in [2.45, 2.75) is 39.8 Å². The normalized spacial score (nSPS) is 13.9. The van der Waals surface area contributed by atoms with E-state index >= 15 is 0 Å². The fraction of sp³-hybridized carbons (Fsp3) is 0.409. The standard InChI is InChI=1S/C22H28N2O3.ClH/c1-4-26-19-12-17-10-11-24(14-18(17)13-20(19)27-5-2)22(25)21(23)16-8-6-15(3)7-9-16;/h6-9,12-13,21H,4-5,10-11,14,23H2,1-3H3;1H. The van der Waals surface area contributed by atoms with E-state index in [0.29, 0.717) is 26.3 Å². The van der Waals surface area contributed by atoms with Gasteiger partial charge in [0.1, 0.15) is 6.04 Å². The van der Waals surface area contributed by atoms with Gasteiger partial charge in [0, 0.05) is 13.1 Å². The first-order valence-corrected chi connectivity index (χ1v) is 9.55. The van der Waals surface area contributed by atoms with E-state index in [1.54, 1.807) is 0 Å². The van der Waals surface area contributed by atoms with Gasteiger partial charge in [0.25, 0.3) is 0 Å². The molecular weight excluding hydrogens is 376 g/mol. The third-order valence-corrected chi connectivity index (χ3v) is 4.89. The highest BCUT2D eigenvalue weighted by molar-refractivity contribution is 5.85. The molecule has 0 fully saturated rings. The molecule has 0 bridgehead atoms. The second-order valence-corrected chi connectivity index (χ2v) is 6.83. The van der Waals surface area contributed by atoms with Crippen LogP contribution in [-0.2, 0) is 17.8 Å². The molecule has 1 unspecified atom stereocenters. The number of aryl methyl sites for hydroxylation is 1. The quantitative estimate of drug-likeness (QED) is 0.795. The zero-order valence-corrected chi connectivity index (χ0v) is 17.6. The Morgan fingerprint density at radius 3 is 2.21 bits per heavy atom. The average Bonchev–Trinajstić information content (AvgIpc) is 2.68. The zero-order valence-electron chi connectivity index (χ0n) is 16.7. The van der Waals surface area contributed by atoms with Crippen molar-refractivity contribution in [3.63, 3.8) is 0 Å². The molecule has 5 nitrogen and oxygen atoms in total. The molecule has 1 amide bonds. The summed E-state index contributed by atoms with van der Waals surface area (Å²) in [4.78, 5) is 14.8. The summed E-state index contributed by atoms with van der Waals surface area (Å²) < 4.78 is 11.4. The Morgan fingerprint density at radius 1 is 1.07 bits per heavy atom. The molecule has 2 aromatic rings. The number of carbonyl (C=O) groups excluding carboxylic acids is 1. The van der Waals surface area contributed by atoms with Crippen LogP contribution in [0.5, 0.6) is 11.5 Å². The first kappa shape index (κ1) is 22.1. The number of amides is 1. The maximum Gasteiger partial charge on any atom is 0.244 e. The number of nitrogens with zero attached hydrogens (tertiary/aromatic N) is 1. The molecule has 1 heterocycles. The van der Waals surface area contributed by atoms with E-state index in [2.05, 4.69) is 0 Å². The third kappa shape index (κ3) is 4.78. The van der Waals surface area contributed by atoms with Gasteiger partial charge in [-0.15, -0.1) is 12.4 Å². The molecule has 28 heavy (non-hydrogen) atoms. The minimum atomic E-state index is -0.638. The van der Waals surface area contributed by atoms with E-state index in [9.17, 15) is 4.79 Å². The van der Waals surface area contributed by atoms with Gasteiger partial charge in [-0.1, -0.05) is 29.8 Å². The number of ether oxygens (including phenoxy) is 2. The largest absolute Gasteiger partial charge is 0.490 e. The fourth-order valence-electron chi connectivity index (χ4n) is 3.40. The van der Waals surface area contributed by atoms with Crippen LogP contribution in [0.1, 0.15) is 42.1 Å². The van der Waals surface area contributed by atoms with Gasteiger partial charge in [0.15, 0.2) is 11.5 Å². The zero-order chi connectivity index (χ0) is 19.4. The Balaban J connectivity index is 0.00000280. The molecular formula is C22H29ClN2O3. The van der Waals surface area contributed by atoms with Crippen molar-refractivity contribution < 1.29 is 14.3 Å². The molecule has 1 aliphatic rings. The number of benzene rings is 2. The van der Waals surface area contributed by atoms with Crippen molar-refractivity contribution in [2.24, 2.45) is 5.73 Å². The summed E-state index contributed by atoms with van der Waals surface area (Å²) in [7, 11) is 0. The van der Waals surface area contributed by atoms with Crippen LogP contribution in [0.25, 0.3) is 0 Å². The van der Waals surface area contributed by atoms with Crippen LogP contribution in [0.3, 0.4) is 0 Å². The van der Waals surface area contributed by atoms with Crippen LogP contribution in [0.4, 0.5) is 0 Å². The van der Waals surface area contributed by atoms with E-state index < -0.39 is 6.04 Å². The Kier molecular flexibility index (Phi) is 7.72. The van der Waals surface area contributed by atoms with Gasteiger partial charge in [0.2, 0.25) is 5.91 Å². The van der Waals surface area contributed by atoms with Gasteiger partial charge in [-0.3, -0.25) is 4.79 Å². The summed E-state index contributed by atoms with van der Waals surface area (Å²) in [6.45, 7) is 8.29. The molecule has 1 atom stereocenters. The van der Waals surface area contributed by atoms with Gasteiger partial charge < -0.3 is 20.1 Å². The number of hydrogen-bond donors (Lipinski definition) is 1. The third-order valence-electron chi connectivity index (χ3n) is 4.89. The maximum atomic E-state index is 12.9. The SMILES string of the molecule is CCOc1cc2c(cc1OCC)CN(C(=O)C(N)c1ccc(C)cc1)CC2.Cl. The number of halogens is 1. The minimum Gasteiger partial charge on any atom is -0.490 e. The van der Waals surface area contributed by atoms with Crippen molar-refractivity contribution in [3.05, 3.63) is 58.7 Å². The summed E-state index contributed by atoms with van der Waals surface area (Å²) in [5.74, 6) is 1.46. The maximum absolute atomic E-state index is 12.9. The lowest BCUT2D eigenvalue weighted by atomic mass is 9.97. The number of hydrogen-bond acceptors (Lipinski definition) is 4. The van der Waals surface area contributed by atoms with E-state index in [-0.39, 0.29) is 18.3 Å². The van der Waals surface area contributed by atoms with E-state index in [4.69, 9.17) is 15.2 Å². The van der Waals surface area contributed by atoms with E-state index in [1.807, 2.05) is 62.1 Å². The van der Waals surface area contributed by atoms with Gasteiger partial charge >= 0.3 is 0 Å². The number of fused-ring (bicyclic) bond motifs is 1. The summed E-state index contributed by atoms with van der Waals surface area (Å²) in [6, 6.07) is 11.2. The van der Waals surface area contributed by atoms with Crippen LogP contribution in [0.2, 0.25) is 0 Å². The number of nitrogens with two attached hydrogens (primary N) is 1. The van der Waals surface area contributed by atoms with Crippen LogP contribution < -0.4 is 15.2 Å². The number of rotatable bonds is 6. The summed E-state index contributed by atoms with van der Waals surface area (Å²) in [5.41, 5.74) is 10.5. The molecule has 152 valence electrons. The van der Waals surface area contributed by atoms with Crippen LogP contribution >= 0.6 is 12.4 Å². The van der Waals surface area contributed by atoms with Crippen molar-refractivity contribution in [2.75, 3.05) is 19.8 Å². The van der Waals surface area contributed by atoms with Crippen LogP contribution in [-0.4, -0.2) is 30.6 Å². The summed E-state index contributed by atoms with van der Waals surface area (Å²) in [5, 5.41) is 0. The van der Waals surface area contributed by atoms with E-state index in [1.165, 1.54) is 5.56 Å². The first-order valence-electron chi connectivity index (χ1n) is 9.55. The molecule has 0 spiro atoms. The molecule has 1 aliphatic heterocycles. The Labute approximate surface area is 173 Å². The molecule has 0 aromatic heterocycles. The lowest BCUT2D eigenvalue weighted by molar-refractivity contribution is -0.133. The molecule has 0 saturated carbocycles. The van der Waals surface area contributed by atoms with Gasteiger partial charge in [-0.25, -0.2) is 0 Å². The Hall–Kier alpha value is -2.24. The van der Waals surface area contributed by atoms with Crippen molar-refractivity contribution in [3.8, 4) is 11.5 Å². The summed E-state index contributed by atoms with van der Waals surface area (Å²) in [6.07, 6.45) is 0.786. The van der Waals surface area contributed by atoms with Crippen molar-refractivity contribution in [1.29, 1.82) is 0 Å². The smallest absolute Gasteiger partial charge is 0.244 e. The molecule has 3 rings (SSSR count). The lowest BCUT2D eigenvalue weighted by Gasteiger charge is -2.31. The molecule has 0 aliphatic carbocycles. The highest BCUT2D eigenvalue weighted by Gasteiger charge is 2.27. The predicted molar refractivity (Wildman–Crippen MR) is 113 cm³/mol. The average molecular weight is 405 g/mol. The minimum absolute atomic E-state index is 0. The molecule has 0 radical (unpaired) electrons. The first-order chi connectivity index (χ1) is 13.0. The molecule has 0 saturated heterocycles. The highest BCUT2D eigenvalue weighted by Crippen LogP contribution is 2.34. The highest BCUT2D eigenvalue weighted by atomic mass is 35.5. The van der Waals surface area contributed by atoms with Gasteiger partial charge in [-0.2, -0.15) is 0 Å². The fourth-order valence-corrected chi connectivity index (χ4v) is 3.40. The Morgan fingerprint density at radius 2 is 1.64 bits per heavy atom. The second kappa shape index (κ2) is 9.80. The van der Waals surface area contributed by atoms with Gasteiger partial charge in [0.05, 0.1) is 13.2 Å². The Bertz CT molecular complexity index is 808. The summed E-state index contributed by atoms with van der Waals surface area (Å²) >= 11 is 0. The molecule has 2 aromatic carbocycles. The van der Waals surface area contributed by atoms with Gasteiger partial charge in [-0.05, 0) is 56.0 Å².